The molecule has 2 N–H and O–H groups in total. The van der Waals surface area contributed by atoms with Crippen molar-refractivity contribution in [1.82, 2.24) is 4.98 Å². The smallest absolute Gasteiger partial charge is 0.128 e. The lowest BCUT2D eigenvalue weighted by Gasteiger charge is -2.10. The Morgan fingerprint density at radius 2 is 2.33 bits per heavy atom. The molecule has 1 unspecified atom stereocenters. The van der Waals surface area contributed by atoms with E-state index >= 15 is 0 Å². The van der Waals surface area contributed by atoms with Crippen molar-refractivity contribution in [3.63, 3.8) is 0 Å². The predicted octanol–water partition coefficient (Wildman–Crippen LogP) is 2.21. The standard InChI is InChI=1S/C12H20N2O/c1-10(9-15)5-3-7-13-12-11(2)6-4-8-14-12/h4,6,8,10,15H,3,5,7,9H2,1-2H3,(H,13,14). The molecule has 1 atom stereocenters. The van der Waals surface area contributed by atoms with E-state index in [-0.39, 0.29) is 6.61 Å². The molecule has 0 aliphatic rings. The second-order valence-electron chi connectivity index (χ2n) is 4.03. The molecule has 3 nitrogen and oxygen atoms in total. The van der Waals surface area contributed by atoms with Crippen molar-refractivity contribution in [3.05, 3.63) is 23.9 Å². The molecule has 0 aromatic carbocycles. The second kappa shape index (κ2) is 6.40. The molecule has 1 aromatic heterocycles. The van der Waals surface area contributed by atoms with Crippen LogP contribution in [-0.2, 0) is 0 Å². The number of rotatable bonds is 6. The van der Waals surface area contributed by atoms with Crippen LogP contribution in [0.4, 0.5) is 5.82 Å². The zero-order valence-electron chi connectivity index (χ0n) is 9.53. The summed E-state index contributed by atoms with van der Waals surface area (Å²) in [6, 6.07) is 3.99. The van der Waals surface area contributed by atoms with Gasteiger partial charge in [-0.2, -0.15) is 0 Å². The molecule has 15 heavy (non-hydrogen) atoms. The number of hydrogen-bond acceptors (Lipinski definition) is 3. The molecular weight excluding hydrogens is 188 g/mol. The maximum Gasteiger partial charge on any atom is 0.128 e. The van der Waals surface area contributed by atoms with Crippen LogP contribution < -0.4 is 5.32 Å². The summed E-state index contributed by atoms with van der Waals surface area (Å²) in [6.07, 6.45) is 3.92. The van der Waals surface area contributed by atoms with Gasteiger partial charge in [0, 0.05) is 19.3 Å². The molecule has 0 spiro atoms. The van der Waals surface area contributed by atoms with Crippen molar-refractivity contribution in [2.45, 2.75) is 26.7 Å². The fourth-order valence-corrected chi connectivity index (χ4v) is 1.42. The summed E-state index contributed by atoms with van der Waals surface area (Å²) >= 11 is 0. The quantitative estimate of drug-likeness (QED) is 0.704. The molecule has 0 saturated carbocycles. The van der Waals surface area contributed by atoms with Crippen molar-refractivity contribution >= 4 is 5.82 Å². The van der Waals surface area contributed by atoms with Gasteiger partial charge in [0.1, 0.15) is 5.82 Å². The van der Waals surface area contributed by atoms with Crippen LogP contribution in [0.15, 0.2) is 18.3 Å². The lowest BCUT2D eigenvalue weighted by molar-refractivity contribution is 0.229. The number of nitrogens with zero attached hydrogens (tertiary/aromatic N) is 1. The highest BCUT2D eigenvalue weighted by Crippen LogP contribution is 2.10. The van der Waals surface area contributed by atoms with Crippen molar-refractivity contribution in [1.29, 1.82) is 0 Å². The molecule has 0 aliphatic heterocycles. The van der Waals surface area contributed by atoms with Crippen LogP contribution in [0, 0.1) is 12.8 Å². The zero-order chi connectivity index (χ0) is 11.1. The lowest BCUT2D eigenvalue weighted by atomic mass is 10.1. The van der Waals surface area contributed by atoms with E-state index in [1.54, 1.807) is 6.20 Å². The molecular formula is C12H20N2O. The third-order valence-corrected chi connectivity index (χ3v) is 2.49. The van der Waals surface area contributed by atoms with Gasteiger partial charge in [0.2, 0.25) is 0 Å². The SMILES string of the molecule is Cc1cccnc1NCCCC(C)CO. The van der Waals surface area contributed by atoms with E-state index in [9.17, 15) is 0 Å². The Balaban J connectivity index is 2.23. The van der Waals surface area contributed by atoms with E-state index in [1.165, 1.54) is 5.56 Å². The number of aryl methyl sites for hydroxylation is 1. The Bertz CT molecular complexity index is 289. The van der Waals surface area contributed by atoms with Crippen molar-refractivity contribution < 1.29 is 5.11 Å². The maximum atomic E-state index is 8.86. The first-order valence-corrected chi connectivity index (χ1v) is 5.50. The van der Waals surface area contributed by atoms with E-state index in [1.807, 2.05) is 19.1 Å². The summed E-state index contributed by atoms with van der Waals surface area (Å²) in [6.45, 7) is 5.31. The number of nitrogens with one attached hydrogen (secondary N) is 1. The Hall–Kier alpha value is -1.09. The number of aromatic nitrogens is 1. The zero-order valence-corrected chi connectivity index (χ0v) is 9.53. The fourth-order valence-electron chi connectivity index (χ4n) is 1.42. The van der Waals surface area contributed by atoms with Crippen LogP contribution >= 0.6 is 0 Å². The number of pyridine rings is 1. The summed E-state index contributed by atoms with van der Waals surface area (Å²) in [5.74, 6) is 1.37. The van der Waals surface area contributed by atoms with Crippen LogP contribution in [0.25, 0.3) is 0 Å². The first-order chi connectivity index (χ1) is 7.24. The molecule has 0 amide bonds. The van der Waals surface area contributed by atoms with Crippen molar-refractivity contribution in [2.75, 3.05) is 18.5 Å². The summed E-state index contributed by atoms with van der Waals surface area (Å²) in [5, 5.41) is 12.2. The lowest BCUT2D eigenvalue weighted by Crippen LogP contribution is -2.08. The van der Waals surface area contributed by atoms with Crippen LogP contribution in [0.5, 0.6) is 0 Å². The van der Waals surface area contributed by atoms with Crippen molar-refractivity contribution in [2.24, 2.45) is 5.92 Å². The summed E-state index contributed by atoms with van der Waals surface area (Å²) < 4.78 is 0. The first-order valence-electron chi connectivity index (χ1n) is 5.50. The highest BCUT2D eigenvalue weighted by molar-refractivity contribution is 5.42. The van der Waals surface area contributed by atoms with Gasteiger partial charge in [-0.3, -0.25) is 0 Å². The average Bonchev–Trinajstić information content (AvgIpc) is 2.26. The van der Waals surface area contributed by atoms with Crippen LogP contribution in [0.3, 0.4) is 0 Å². The van der Waals surface area contributed by atoms with Gasteiger partial charge in [-0.15, -0.1) is 0 Å². The highest BCUT2D eigenvalue weighted by Gasteiger charge is 2.00. The van der Waals surface area contributed by atoms with E-state index in [4.69, 9.17) is 5.11 Å². The van der Waals surface area contributed by atoms with E-state index < -0.39 is 0 Å². The van der Waals surface area contributed by atoms with Gasteiger partial charge in [0.15, 0.2) is 0 Å². The number of aliphatic hydroxyl groups excluding tert-OH is 1. The minimum absolute atomic E-state index is 0.280. The van der Waals surface area contributed by atoms with E-state index in [0.717, 1.165) is 25.2 Å². The molecule has 0 bridgehead atoms. The van der Waals surface area contributed by atoms with Crippen LogP contribution in [0.2, 0.25) is 0 Å². The fraction of sp³-hybridized carbons (Fsp3) is 0.583. The average molecular weight is 208 g/mol. The van der Waals surface area contributed by atoms with Crippen molar-refractivity contribution in [3.8, 4) is 0 Å². The van der Waals surface area contributed by atoms with Gasteiger partial charge < -0.3 is 10.4 Å². The Labute approximate surface area is 91.5 Å². The van der Waals surface area contributed by atoms with Gasteiger partial charge in [0.25, 0.3) is 0 Å². The van der Waals surface area contributed by atoms with Gasteiger partial charge in [-0.05, 0) is 37.3 Å². The molecule has 3 heteroatoms. The minimum Gasteiger partial charge on any atom is -0.396 e. The largest absolute Gasteiger partial charge is 0.396 e. The predicted molar refractivity (Wildman–Crippen MR) is 62.9 cm³/mol. The molecule has 0 aliphatic carbocycles. The molecule has 0 radical (unpaired) electrons. The Morgan fingerprint density at radius 3 is 3.00 bits per heavy atom. The van der Waals surface area contributed by atoms with Gasteiger partial charge >= 0.3 is 0 Å². The third-order valence-electron chi connectivity index (χ3n) is 2.49. The Kier molecular flexibility index (Phi) is 5.12. The number of hydrogen-bond donors (Lipinski definition) is 2. The Morgan fingerprint density at radius 1 is 1.53 bits per heavy atom. The first kappa shape index (κ1) is 12.0. The molecule has 84 valence electrons. The van der Waals surface area contributed by atoms with Crippen LogP contribution in [0.1, 0.15) is 25.3 Å². The molecule has 1 rings (SSSR count). The van der Waals surface area contributed by atoms with E-state index in [2.05, 4.69) is 17.2 Å². The van der Waals surface area contributed by atoms with Gasteiger partial charge in [-0.1, -0.05) is 13.0 Å². The number of anilines is 1. The van der Waals surface area contributed by atoms with Crippen LogP contribution in [-0.4, -0.2) is 23.2 Å². The maximum absolute atomic E-state index is 8.86. The third kappa shape index (κ3) is 4.30. The highest BCUT2D eigenvalue weighted by atomic mass is 16.3. The second-order valence-corrected chi connectivity index (χ2v) is 4.03. The van der Waals surface area contributed by atoms with Gasteiger partial charge in [-0.25, -0.2) is 4.98 Å². The summed E-state index contributed by atoms with van der Waals surface area (Å²) in [7, 11) is 0. The van der Waals surface area contributed by atoms with E-state index in [0.29, 0.717) is 5.92 Å². The molecule has 1 aromatic rings. The number of aliphatic hydroxyl groups is 1. The monoisotopic (exact) mass is 208 g/mol. The topological polar surface area (TPSA) is 45.2 Å². The molecule has 0 fully saturated rings. The van der Waals surface area contributed by atoms with Gasteiger partial charge in [0.05, 0.1) is 0 Å². The molecule has 1 heterocycles. The normalized spacial score (nSPS) is 12.5. The molecule has 0 saturated heterocycles. The summed E-state index contributed by atoms with van der Waals surface area (Å²) in [5.41, 5.74) is 1.17. The summed E-state index contributed by atoms with van der Waals surface area (Å²) in [4.78, 5) is 4.25. The minimum atomic E-state index is 0.280.